The van der Waals surface area contributed by atoms with Crippen LogP contribution in [0.2, 0.25) is 0 Å². The molecule has 4 N–H and O–H groups in total. The molecule has 0 radical (unpaired) electrons. The quantitative estimate of drug-likeness (QED) is 0.385. The molecule has 0 atom stereocenters. The van der Waals surface area contributed by atoms with E-state index in [2.05, 4.69) is 10.6 Å². The number of non-ortho nitro benzene ring substituents is 1. The number of nitrogens with two attached hydrogens (primary N) is 1. The van der Waals surface area contributed by atoms with Crippen LogP contribution in [0.25, 0.3) is 6.08 Å². The number of anilines is 1. The van der Waals surface area contributed by atoms with Gasteiger partial charge in [-0.15, -0.1) is 0 Å². The number of carbonyl (C=O) groups is 3. The van der Waals surface area contributed by atoms with Gasteiger partial charge in [-0.25, -0.2) is 0 Å². The Morgan fingerprint density at radius 2 is 1.85 bits per heavy atom. The number of nitrogens with one attached hydrogen (secondary N) is 2. The normalized spacial score (nSPS) is 10.4. The van der Waals surface area contributed by atoms with Gasteiger partial charge < -0.3 is 16.4 Å². The van der Waals surface area contributed by atoms with Crippen LogP contribution in [0.15, 0.2) is 54.6 Å². The summed E-state index contributed by atoms with van der Waals surface area (Å²) >= 11 is 0. The summed E-state index contributed by atoms with van der Waals surface area (Å²) in [6.45, 7) is -0.290. The molecule has 9 heteroatoms. The fourth-order valence-electron chi connectivity index (χ4n) is 2.11. The first-order chi connectivity index (χ1) is 12.8. The number of nitrogens with zero attached hydrogens (tertiary/aromatic N) is 1. The predicted molar refractivity (Wildman–Crippen MR) is 98.7 cm³/mol. The van der Waals surface area contributed by atoms with Gasteiger partial charge in [0.05, 0.1) is 11.5 Å². The molecule has 0 spiro atoms. The number of nitro groups is 1. The van der Waals surface area contributed by atoms with E-state index < -0.39 is 22.6 Å². The Hall–Kier alpha value is -4.01. The summed E-state index contributed by atoms with van der Waals surface area (Å²) in [4.78, 5) is 44.8. The first kappa shape index (κ1) is 19.3. The molecule has 0 aliphatic carbocycles. The topological polar surface area (TPSA) is 144 Å². The summed E-state index contributed by atoms with van der Waals surface area (Å²) < 4.78 is 0. The Labute approximate surface area is 154 Å². The minimum absolute atomic E-state index is 0.0766. The third kappa shape index (κ3) is 6.09. The van der Waals surface area contributed by atoms with Crippen molar-refractivity contribution in [1.29, 1.82) is 0 Å². The van der Waals surface area contributed by atoms with Crippen molar-refractivity contribution in [2.24, 2.45) is 5.73 Å². The molecule has 0 bridgehead atoms. The maximum Gasteiger partial charge on any atom is 0.270 e. The van der Waals surface area contributed by atoms with Crippen molar-refractivity contribution in [2.45, 2.75) is 0 Å². The molecule has 0 aliphatic heterocycles. The van der Waals surface area contributed by atoms with Gasteiger partial charge >= 0.3 is 0 Å². The van der Waals surface area contributed by atoms with Gasteiger partial charge in [0, 0.05) is 29.5 Å². The maximum atomic E-state index is 12.0. The van der Waals surface area contributed by atoms with Crippen LogP contribution < -0.4 is 16.4 Å². The van der Waals surface area contributed by atoms with Gasteiger partial charge in [-0.05, 0) is 29.8 Å². The lowest BCUT2D eigenvalue weighted by Gasteiger charge is -2.06. The minimum atomic E-state index is -0.668. The van der Waals surface area contributed by atoms with Gasteiger partial charge in [-0.2, -0.15) is 0 Å². The van der Waals surface area contributed by atoms with E-state index in [4.69, 9.17) is 5.73 Å². The van der Waals surface area contributed by atoms with Crippen molar-refractivity contribution in [3.05, 3.63) is 75.8 Å². The summed E-state index contributed by atoms with van der Waals surface area (Å²) in [5, 5.41) is 15.7. The molecule has 0 unspecified atom stereocenters. The average molecular weight is 368 g/mol. The second-order valence-electron chi connectivity index (χ2n) is 5.40. The monoisotopic (exact) mass is 368 g/mol. The van der Waals surface area contributed by atoms with Crippen LogP contribution in [0, 0.1) is 10.1 Å². The van der Waals surface area contributed by atoms with Gasteiger partial charge in [-0.3, -0.25) is 24.5 Å². The molecule has 2 aromatic carbocycles. The van der Waals surface area contributed by atoms with Crippen LogP contribution in [0.5, 0.6) is 0 Å². The molecule has 0 aromatic heterocycles. The van der Waals surface area contributed by atoms with Gasteiger partial charge in [-0.1, -0.05) is 18.2 Å². The van der Waals surface area contributed by atoms with Gasteiger partial charge in [0.1, 0.15) is 0 Å². The Balaban J connectivity index is 2.02. The third-order valence-corrected chi connectivity index (χ3v) is 3.32. The lowest BCUT2D eigenvalue weighted by atomic mass is 10.1. The van der Waals surface area contributed by atoms with Crippen LogP contribution in [0.1, 0.15) is 15.9 Å². The minimum Gasteiger partial charge on any atom is -0.368 e. The Morgan fingerprint density at radius 1 is 1.11 bits per heavy atom. The van der Waals surface area contributed by atoms with E-state index in [-0.39, 0.29) is 17.8 Å². The van der Waals surface area contributed by atoms with Gasteiger partial charge in [0.2, 0.25) is 11.8 Å². The van der Waals surface area contributed by atoms with Crippen LogP contribution in [-0.2, 0) is 9.59 Å². The molecule has 0 aliphatic rings. The molecule has 3 amide bonds. The number of hydrogen-bond acceptors (Lipinski definition) is 5. The van der Waals surface area contributed by atoms with E-state index in [9.17, 15) is 24.5 Å². The summed E-state index contributed by atoms with van der Waals surface area (Å²) in [5.41, 5.74) is 6.01. The van der Waals surface area contributed by atoms with E-state index in [1.54, 1.807) is 18.2 Å². The van der Waals surface area contributed by atoms with E-state index in [1.807, 2.05) is 0 Å². The smallest absolute Gasteiger partial charge is 0.270 e. The largest absolute Gasteiger partial charge is 0.368 e. The number of benzene rings is 2. The first-order valence-corrected chi connectivity index (χ1v) is 7.75. The average Bonchev–Trinajstić information content (AvgIpc) is 2.65. The van der Waals surface area contributed by atoms with Crippen molar-refractivity contribution < 1.29 is 19.3 Å². The highest BCUT2D eigenvalue weighted by Gasteiger charge is 2.08. The first-order valence-electron chi connectivity index (χ1n) is 7.75. The predicted octanol–water partition coefficient (Wildman–Crippen LogP) is 1.46. The molecule has 0 heterocycles. The van der Waals surface area contributed by atoms with Crippen LogP contribution >= 0.6 is 0 Å². The molecule has 0 fully saturated rings. The van der Waals surface area contributed by atoms with Crippen LogP contribution in [-0.4, -0.2) is 29.2 Å². The van der Waals surface area contributed by atoms with Crippen LogP contribution in [0.3, 0.4) is 0 Å². The summed E-state index contributed by atoms with van der Waals surface area (Å²) in [5.74, 6) is -1.65. The highest BCUT2D eigenvalue weighted by molar-refractivity contribution is 6.03. The Bertz CT molecular complexity index is 923. The lowest BCUT2D eigenvalue weighted by molar-refractivity contribution is -0.384. The van der Waals surface area contributed by atoms with Crippen LogP contribution in [0.4, 0.5) is 11.4 Å². The fraction of sp³-hybridized carbons (Fsp3) is 0.0556. The van der Waals surface area contributed by atoms with Crippen molar-refractivity contribution >= 4 is 35.2 Å². The zero-order valence-corrected chi connectivity index (χ0v) is 14.0. The molecule has 9 nitrogen and oxygen atoms in total. The second kappa shape index (κ2) is 8.90. The SMILES string of the molecule is NC(=O)CNC(=O)c1cccc(NC(=O)/C=C/c2cccc([N+](=O)[O-])c2)c1. The number of nitro benzene ring substituents is 1. The molecule has 0 saturated heterocycles. The number of rotatable bonds is 7. The zero-order valence-electron chi connectivity index (χ0n) is 14.0. The van der Waals surface area contributed by atoms with Gasteiger partial charge in [0.25, 0.3) is 11.6 Å². The lowest BCUT2D eigenvalue weighted by Crippen LogP contribution is -2.33. The zero-order chi connectivity index (χ0) is 19.8. The molecule has 27 heavy (non-hydrogen) atoms. The molecular formula is C18H16N4O5. The Kier molecular flexibility index (Phi) is 6.37. The Morgan fingerprint density at radius 3 is 2.56 bits per heavy atom. The van der Waals surface area contributed by atoms with Gasteiger partial charge in [0.15, 0.2) is 0 Å². The number of primary amides is 1. The summed E-state index contributed by atoms with van der Waals surface area (Å²) in [6, 6.07) is 12.0. The summed E-state index contributed by atoms with van der Waals surface area (Å²) in [7, 11) is 0. The molecule has 2 rings (SSSR count). The highest BCUT2D eigenvalue weighted by Crippen LogP contribution is 2.15. The maximum absolute atomic E-state index is 12.0. The molecule has 2 aromatic rings. The number of carbonyl (C=O) groups excluding carboxylic acids is 3. The van der Waals surface area contributed by atoms with E-state index in [0.717, 1.165) is 0 Å². The molecule has 138 valence electrons. The second-order valence-corrected chi connectivity index (χ2v) is 5.40. The molecular weight excluding hydrogens is 352 g/mol. The highest BCUT2D eigenvalue weighted by atomic mass is 16.6. The van der Waals surface area contributed by atoms with Crippen molar-refractivity contribution in [3.63, 3.8) is 0 Å². The van der Waals surface area contributed by atoms with E-state index >= 15 is 0 Å². The molecule has 0 saturated carbocycles. The number of hydrogen-bond donors (Lipinski definition) is 3. The van der Waals surface area contributed by atoms with E-state index in [1.165, 1.54) is 42.5 Å². The number of amides is 3. The van der Waals surface area contributed by atoms with E-state index in [0.29, 0.717) is 11.3 Å². The van der Waals surface area contributed by atoms with Crippen molar-refractivity contribution in [3.8, 4) is 0 Å². The van der Waals surface area contributed by atoms with Crippen molar-refractivity contribution in [1.82, 2.24) is 5.32 Å². The van der Waals surface area contributed by atoms with Crippen molar-refractivity contribution in [2.75, 3.05) is 11.9 Å². The standard InChI is InChI=1S/C18H16N4O5/c19-16(23)11-20-18(25)13-4-2-5-14(10-13)21-17(24)8-7-12-3-1-6-15(9-12)22(26)27/h1-10H,11H2,(H2,19,23)(H,20,25)(H,21,24)/b8-7+. The fourth-order valence-corrected chi connectivity index (χ4v) is 2.11. The third-order valence-electron chi connectivity index (χ3n) is 3.32. The summed E-state index contributed by atoms with van der Waals surface area (Å²) in [6.07, 6.45) is 2.66.